The molecule has 1 heterocycles. The fraction of sp³-hybridized carbons (Fsp3) is 0.0588. The molecule has 0 aliphatic rings. The quantitative estimate of drug-likeness (QED) is 0.524. The maximum Gasteiger partial charge on any atom is 0.347 e. The Morgan fingerprint density at radius 1 is 0.950 bits per heavy atom. The van der Waals surface area contributed by atoms with Crippen LogP contribution in [0.25, 0.3) is 22.1 Å². The van der Waals surface area contributed by atoms with Gasteiger partial charge in [-0.15, -0.1) is 0 Å². The number of ketones is 1. The Labute approximate surface area is 115 Å². The minimum absolute atomic E-state index is 0.106. The van der Waals surface area contributed by atoms with Crippen molar-refractivity contribution in [1.82, 2.24) is 0 Å². The molecule has 0 fully saturated rings. The molecular formula is C17H12O3. The third kappa shape index (κ3) is 1.93. The van der Waals surface area contributed by atoms with Gasteiger partial charge < -0.3 is 4.42 Å². The summed E-state index contributed by atoms with van der Waals surface area (Å²) in [5.41, 5.74) is 1.48. The van der Waals surface area contributed by atoms with E-state index in [1.807, 2.05) is 42.5 Å². The lowest BCUT2D eigenvalue weighted by Gasteiger charge is -2.09. The van der Waals surface area contributed by atoms with Gasteiger partial charge >= 0.3 is 5.63 Å². The van der Waals surface area contributed by atoms with Gasteiger partial charge in [0.05, 0.1) is 0 Å². The van der Waals surface area contributed by atoms with Crippen LogP contribution in [0, 0.1) is 0 Å². The third-order valence-electron chi connectivity index (χ3n) is 3.23. The maximum atomic E-state index is 12.1. The van der Waals surface area contributed by atoms with E-state index < -0.39 is 5.63 Å². The van der Waals surface area contributed by atoms with Crippen LogP contribution in [0.1, 0.15) is 17.3 Å². The van der Waals surface area contributed by atoms with Gasteiger partial charge in [0.15, 0.2) is 5.78 Å². The molecule has 3 heteroatoms. The van der Waals surface area contributed by atoms with E-state index in [1.54, 1.807) is 12.1 Å². The van der Waals surface area contributed by atoms with Crippen LogP contribution in [-0.2, 0) is 0 Å². The van der Waals surface area contributed by atoms with E-state index in [0.717, 1.165) is 10.9 Å². The summed E-state index contributed by atoms with van der Waals surface area (Å²) in [5.74, 6) is -0.289. The second kappa shape index (κ2) is 4.78. The van der Waals surface area contributed by atoms with Gasteiger partial charge in [0.2, 0.25) is 0 Å². The largest absolute Gasteiger partial charge is 0.422 e. The minimum Gasteiger partial charge on any atom is -0.422 e. The first-order valence-electron chi connectivity index (χ1n) is 6.30. The van der Waals surface area contributed by atoms with Gasteiger partial charge in [0.25, 0.3) is 0 Å². The molecule has 0 N–H and O–H groups in total. The Balaban J connectivity index is 2.52. The molecule has 0 radical (unpaired) electrons. The van der Waals surface area contributed by atoms with Crippen LogP contribution in [0.2, 0.25) is 0 Å². The van der Waals surface area contributed by atoms with Gasteiger partial charge in [-0.3, -0.25) is 4.79 Å². The first-order valence-corrected chi connectivity index (χ1v) is 6.30. The molecule has 0 bridgehead atoms. The zero-order valence-corrected chi connectivity index (χ0v) is 10.9. The van der Waals surface area contributed by atoms with Crippen LogP contribution < -0.4 is 5.63 Å². The number of benzene rings is 2. The number of para-hydroxylation sites is 1. The number of fused-ring (bicyclic) bond motifs is 1. The van der Waals surface area contributed by atoms with E-state index in [0.29, 0.717) is 11.1 Å². The number of carbonyl (C=O) groups is 1. The summed E-state index contributed by atoms with van der Waals surface area (Å²) in [5, 5.41) is 0.767. The van der Waals surface area contributed by atoms with Crippen LogP contribution in [0.5, 0.6) is 0 Å². The summed E-state index contributed by atoms with van der Waals surface area (Å²) < 4.78 is 5.24. The van der Waals surface area contributed by atoms with Crippen molar-refractivity contribution in [3.8, 4) is 11.1 Å². The number of hydrogen-bond donors (Lipinski definition) is 0. The average molecular weight is 264 g/mol. The van der Waals surface area contributed by atoms with E-state index in [1.165, 1.54) is 6.92 Å². The standard InChI is InChI=1S/C17H12O3/c1-11(18)15-16(12-7-3-2-4-8-12)13-9-5-6-10-14(13)20-17(15)19/h2-10H,1H3. The van der Waals surface area contributed by atoms with Crippen molar-refractivity contribution in [2.45, 2.75) is 6.92 Å². The molecule has 0 atom stereocenters. The fourth-order valence-corrected chi connectivity index (χ4v) is 2.37. The molecule has 0 amide bonds. The third-order valence-corrected chi connectivity index (χ3v) is 3.23. The molecule has 20 heavy (non-hydrogen) atoms. The van der Waals surface area contributed by atoms with Crippen LogP contribution in [0.15, 0.2) is 63.8 Å². The summed E-state index contributed by atoms with van der Waals surface area (Å²) in [7, 11) is 0. The van der Waals surface area contributed by atoms with E-state index in [-0.39, 0.29) is 11.3 Å². The molecule has 1 aromatic heterocycles. The van der Waals surface area contributed by atoms with E-state index in [9.17, 15) is 9.59 Å². The average Bonchev–Trinajstić information content (AvgIpc) is 2.46. The lowest BCUT2D eigenvalue weighted by Crippen LogP contribution is -2.14. The van der Waals surface area contributed by atoms with Gasteiger partial charge in [0.1, 0.15) is 11.1 Å². The van der Waals surface area contributed by atoms with Gasteiger partial charge in [0, 0.05) is 10.9 Å². The van der Waals surface area contributed by atoms with Crippen molar-refractivity contribution in [3.63, 3.8) is 0 Å². The Bertz CT molecular complexity index is 845. The number of hydrogen-bond acceptors (Lipinski definition) is 3. The van der Waals surface area contributed by atoms with Crippen molar-refractivity contribution < 1.29 is 9.21 Å². The first kappa shape index (κ1) is 12.4. The Morgan fingerprint density at radius 3 is 2.30 bits per heavy atom. The van der Waals surface area contributed by atoms with Crippen molar-refractivity contribution >= 4 is 16.8 Å². The monoisotopic (exact) mass is 264 g/mol. The summed E-state index contributed by atoms with van der Waals surface area (Å²) in [6.07, 6.45) is 0. The zero-order valence-electron chi connectivity index (χ0n) is 10.9. The fourth-order valence-electron chi connectivity index (χ4n) is 2.37. The summed E-state index contributed by atoms with van der Waals surface area (Å²) in [6.45, 7) is 1.38. The first-order chi connectivity index (χ1) is 9.68. The lowest BCUT2D eigenvalue weighted by molar-refractivity contribution is 0.101. The predicted octanol–water partition coefficient (Wildman–Crippen LogP) is 3.66. The second-order valence-corrected chi connectivity index (χ2v) is 4.56. The molecule has 3 nitrogen and oxygen atoms in total. The van der Waals surface area contributed by atoms with Crippen LogP contribution >= 0.6 is 0 Å². The van der Waals surface area contributed by atoms with Crippen molar-refractivity contribution in [1.29, 1.82) is 0 Å². The van der Waals surface area contributed by atoms with Crippen LogP contribution in [-0.4, -0.2) is 5.78 Å². The predicted molar refractivity (Wildman–Crippen MR) is 77.9 cm³/mol. The molecule has 3 aromatic rings. The molecule has 0 spiro atoms. The highest BCUT2D eigenvalue weighted by atomic mass is 16.4. The molecule has 0 saturated heterocycles. The number of carbonyl (C=O) groups excluding carboxylic acids is 1. The maximum absolute atomic E-state index is 12.1. The van der Waals surface area contributed by atoms with Gasteiger partial charge in [-0.25, -0.2) is 4.79 Å². The number of rotatable bonds is 2. The molecule has 0 saturated carbocycles. The minimum atomic E-state index is -0.588. The van der Waals surface area contributed by atoms with Crippen molar-refractivity contribution in [2.24, 2.45) is 0 Å². The molecule has 3 rings (SSSR count). The van der Waals surface area contributed by atoms with E-state index in [4.69, 9.17) is 4.42 Å². The van der Waals surface area contributed by atoms with Gasteiger partial charge in [-0.2, -0.15) is 0 Å². The van der Waals surface area contributed by atoms with Crippen molar-refractivity contribution in [3.05, 3.63) is 70.6 Å². The topological polar surface area (TPSA) is 47.3 Å². The molecule has 0 unspecified atom stereocenters. The second-order valence-electron chi connectivity index (χ2n) is 4.56. The molecule has 0 aliphatic carbocycles. The van der Waals surface area contributed by atoms with E-state index in [2.05, 4.69) is 0 Å². The Hall–Kier alpha value is -2.68. The molecule has 98 valence electrons. The van der Waals surface area contributed by atoms with Crippen molar-refractivity contribution in [2.75, 3.05) is 0 Å². The molecule has 0 aliphatic heterocycles. The molecule has 2 aromatic carbocycles. The van der Waals surface area contributed by atoms with Gasteiger partial charge in [-0.1, -0.05) is 48.5 Å². The SMILES string of the molecule is CC(=O)c1c(-c2ccccc2)c2ccccc2oc1=O. The van der Waals surface area contributed by atoms with Gasteiger partial charge in [-0.05, 0) is 18.6 Å². The highest BCUT2D eigenvalue weighted by Gasteiger charge is 2.18. The molecular weight excluding hydrogens is 252 g/mol. The number of Topliss-reactive ketones (excluding diaryl/α,β-unsaturated/α-hetero) is 1. The Kier molecular flexibility index (Phi) is 2.95. The highest BCUT2D eigenvalue weighted by Crippen LogP contribution is 2.30. The lowest BCUT2D eigenvalue weighted by atomic mass is 9.95. The zero-order chi connectivity index (χ0) is 14.1. The van der Waals surface area contributed by atoms with E-state index >= 15 is 0 Å². The normalized spacial score (nSPS) is 10.7. The summed E-state index contributed by atoms with van der Waals surface area (Å²) >= 11 is 0. The smallest absolute Gasteiger partial charge is 0.347 e. The van der Waals surface area contributed by atoms with Crippen LogP contribution in [0.4, 0.5) is 0 Å². The van der Waals surface area contributed by atoms with Crippen LogP contribution in [0.3, 0.4) is 0 Å². The Morgan fingerprint density at radius 2 is 1.60 bits per heavy atom. The summed E-state index contributed by atoms with van der Waals surface area (Å²) in [6, 6.07) is 16.7. The summed E-state index contributed by atoms with van der Waals surface area (Å²) in [4.78, 5) is 23.9. The highest BCUT2D eigenvalue weighted by molar-refractivity contribution is 6.07.